The van der Waals surface area contributed by atoms with E-state index in [1.54, 1.807) is 24.3 Å². The first-order chi connectivity index (χ1) is 10.0. The molecule has 116 valence electrons. The number of ether oxygens (including phenoxy) is 1. The summed E-state index contributed by atoms with van der Waals surface area (Å²) in [7, 11) is 0. The van der Waals surface area contributed by atoms with Gasteiger partial charge in [-0.15, -0.1) is 0 Å². The maximum atomic E-state index is 11.2. The number of carbonyl (C=O) groups is 1. The highest BCUT2D eigenvalue weighted by molar-refractivity contribution is 5.76. The number of carbonyl (C=O) groups excluding carboxylic acids is 1. The summed E-state index contributed by atoms with van der Waals surface area (Å²) in [6.07, 6.45) is 1.15. The third-order valence-electron chi connectivity index (χ3n) is 3.68. The van der Waals surface area contributed by atoms with Gasteiger partial charge in [-0.2, -0.15) is 0 Å². The molecule has 2 atom stereocenters. The molecule has 1 heterocycles. The fourth-order valence-corrected chi connectivity index (χ4v) is 2.60. The van der Waals surface area contributed by atoms with E-state index >= 15 is 0 Å². The molecule has 0 spiro atoms. The molecule has 2 rings (SSSR count). The maximum Gasteiger partial charge on any atom is 0.221 e. The summed E-state index contributed by atoms with van der Waals surface area (Å²) in [6, 6.07) is 7.10. The number of hydrogen-bond acceptors (Lipinski definition) is 5. The molecule has 0 bridgehead atoms. The lowest BCUT2D eigenvalue weighted by Crippen LogP contribution is -2.45. The summed E-state index contributed by atoms with van der Waals surface area (Å²) >= 11 is 0. The van der Waals surface area contributed by atoms with Gasteiger partial charge in [0, 0.05) is 24.8 Å². The lowest BCUT2D eigenvalue weighted by atomic mass is 9.97. The molecular weight excluding hydrogens is 270 g/mol. The van der Waals surface area contributed by atoms with Crippen LogP contribution < -0.4 is 16.2 Å². The van der Waals surface area contributed by atoms with Gasteiger partial charge in [0.05, 0.1) is 5.92 Å². The second-order valence-electron chi connectivity index (χ2n) is 5.54. The van der Waals surface area contributed by atoms with Gasteiger partial charge in [0.15, 0.2) is 0 Å². The van der Waals surface area contributed by atoms with Crippen molar-refractivity contribution in [1.29, 1.82) is 0 Å². The Kier molecular flexibility index (Phi) is 5.41. The Morgan fingerprint density at radius 3 is 3.05 bits per heavy atom. The second-order valence-corrected chi connectivity index (χ2v) is 5.54. The number of β-amino-alcohol motifs (C(OH)–C–C–N with tert-alkyl or cyclic N) is 1. The minimum absolute atomic E-state index is 0.110. The van der Waals surface area contributed by atoms with Gasteiger partial charge in [-0.1, -0.05) is 6.07 Å². The van der Waals surface area contributed by atoms with E-state index in [0.29, 0.717) is 24.5 Å². The Bertz CT molecular complexity index is 481. The van der Waals surface area contributed by atoms with Crippen LogP contribution in [0.4, 0.5) is 5.69 Å². The maximum absolute atomic E-state index is 11.2. The number of benzene rings is 1. The third-order valence-corrected chi connectivity index (χ3v) is 3.68. The quantitative estimate of drug-likeness (QED) is 0.651. The summed E-state index contributed by atoms with van der Waals surface area (Å²) in [5.41, 5.74) is 11.6. The zero-order valence-electron chi connectivity index (χ0n) is 12.1. The van der Waals surface area contributed by atoms with Gasteiger partial charge >= 0.3 is 0 Å². The van der Waals surface area contributed by atoms with Crippen molar-refractivity contribution in [3.8, 4) is 5.75 Å². The van der Waals surface area contributed by atoms with Crippen LogP contribution in [0.3, 0.4) is 0 Å². The summed E-state index contributed by atoms with van der Waals surface area (Å²) < 4.78 is 5.52. The summed E-state index contributed by atoms with van der Waals surface area (Å²) in [5, 5.41) is 10.0. The van der Waals surface area contributed by atoms with Crippen molar-refractivity contribution in [2.75, 3.05) is 32.0 Å². The molecule has 0 saturated carbocycles. The zero-order chi connectivity index (χ0) is 15.2. The first-order valence-electron chi connectivity index (χ1n) is 7.22. The minimum atomic E-state index is -0.613. The van der Waals surface area contributed by atoms with Gasteiger partial charge in [0.2, 0.25) is 5.91 Å². The van der Waals surface area contributed by atoms with E-state index in [2.05, 4.69) is 4.90 Å². The van der Waals surface area contributed by atoms with E-state index in [-0.39, 0.29) is 18.4 Å². The lowest BCUT2D eigenvalue weighted by molar-refractivity contribution is -0.123. The number of nitrogens with zero attached hydrogens (tertiary/aromatic N) is 1. The molecule has 0 aliphatic carbocycles. The zero-order valence-corrected chi connectivity index (χ0v) is 12.1. The van der Waals surface area contributed by atoms with Crippen molar-refractivity contribution in [3.05, 3.63) is 24.3 Å². The molecule has 1 aromatic rings. The molecule has 1 aromatic carbocycles. The van der Waals surface area contributed by atoms with Crippen LogP contribution >= 0.6 is 0 Å². The van der Waals surface area contributed by atoms with E-state index in [1.807, 2.05) is 0 Å². The number of piperidine rings is 1. The highest BCUT2D eigenvalue weighted by Crippen LogP contribution is 2.17. The summed E-state index contributed by atoms with van der Waals surface area (Å²) in [6.45, 7) is 2.16. The third kappa shape index (κ3) is 4.91. The van der Waals surface area contributed by atoms with Crippen molar-refractivity contribution in [2.24, 2.45) is 11.7 Å². The lowest BCUT2D eigenvalue weighted by Gasteiger charge is -2.32. The highest BCUT2D eigenvalue weighted by atomic mass is 16.5. The first kappa shape index (κ1) is 15.6. The first-order valence-corrected chi connectivity index (χ1v) is 7.22. The fraction of sp³-hybridized carbons (Fsp3) is 0.533. The van der Waals surface area contributed by atoms with Crippen LogP contribution in [-0.4, -0.2) is 48.3 Å². The average Bonchev–Trinajstić information content (AvgIpc) is 2.45. The number of amides is 1. The van der Waals surface area contributed by atoms with Gasteiger partial charge in [0.1, 0.15) is 18.5 Å². The fourth-order valence-electron chi connectivity index (χ4n) is 2.60. The van der Waals surface area contributed by atoms with Crippen molar-refractivity contribution in [3.63, 3.8) is 0 Å². The van der Waals surface area contributed by atoms with Crippen molar-refractivity contribution >= 4 is 11.6 Å². The number of likely N-dealkylation sites (tertiary alicyclic amines) is 1. The molecule has 1 aliphatic rings. The van der Waals surface area contributed by atoms with Crippen molar-refractivity contribution < 1.29 is 14.6 Å². The van der Waals surface area contributed by atoms with Crippen LogP contribution in [0.15, 0.2) is 24.3 Å². The molecule has 1 saturated heterocycles. The van der Waals surface area contributed by atoms with Gasteiger partial charge in [-0.3, -0.25) is 9.69 Å². The molecule has 5 N–H and O–H groups in total. The van der Waals surface area contributed by atoms with Crippen LogP contribution in [-0.2, 0) is 4.79 Å². The number of primary amides is 1. The molecular formula is C15H23N3O3. The molecule has 1 aliphatic heterocycles. The normalized spacial score (nSPS) is 20.9. The van der Waals surface area contributed by atoms with Crippen LogP contribution in [0.5, 0.6) is 5.75 Å². The average molecular weight is 293 g/mol. The van der Waals surface area contributed by atoms with Gasteiger partial charge in [0.25, 0.3) is 0 Å². The minimum Gasteiger partial charge on any atom is -0.491 e. The van der Waals surface area contributed by atoms with E-state index in [0.717, 1.165) is 19.4 Å². The molecule has 1 fully saturated rings. The Morgan fingerprint density at radius 1 is 1.52 bits per heavy atom. The Morgan fingerprint density at radius 2 is 2.33 bits per heavy atom. The largest absolute Gasteiger partial charge is 0.491 e. The summed E-state index contributed by atoms with van der Waals surface area (Å²) in [5.74, 6) is 0.272. The van der Waals surface area contributed by atoms with Gasteiger partial charge < -0.3 is 21.3 Å². The number of hydrogen-bond donors (Lipinski definition) is 3. The second kappa shape index (κ2) is 7.28. The number of rotatable bonds is 6. The Labute approximate surface area is 124 Å². The SMILES string of the molecule is NC(=O)C1CCCN(CC(O)COc2cccc(N)c2)C1. The van der Waals surface area contributed by atoms with E-state index in [1.165, 1.54) is 0 Å². The van der Waals surface area contributed by atoms with Crippen LogP contribution in [0.1, 0.15) is 12.8 Å². The van der Waals surface area contributed by atoms with Crippen LogP contribution in [0.2, 0.25) is 0 Å². The topological polar surface area (TPSA) is 102 Å². The van der Waals surface area contributed by atoms with Crippen LogP contribution in [0.25, 0.3) is 0 Å². The standard InChI is InChI=1S/C15H23N3O3/c16-12-4-1-5-14(7-12)21-10-13(19)9-18-6-2-3-11(8-18)15(17)20/h1,4-5,7,11,13,19H,2-3,6,8-10,16H2,(H2,17,20). The van der Waals surface area contributed by atoms with Crippen molar-refractivity contribution in [2.45, 2.75) is 18.9 Å². The van der Waals surface area contributed by atoms with E-state index < -0.39 is 6.10 Å². The molecule has 0 radical (unpaired) electrons. The number of aliphatic hydroxyl groups excluding tert-OH is 1. The van der Waals surface area contributed by atoms with Gasteiger partial charge in [-0.25, -0.2) is 0 Å². The number of anilines is 1. The Hall–Kier alpha value is -1.79. The molecule has 0 aromatic heterocycles. The van der Waals surface area contributed by atoms with Crippen LogP contribution in [0, 0.1) is 5.92 Å². The molecule has 21 heavy (non-hydrogen) atoms. The highest BCUT2D eigenvalue weighted by Gasteiger charge is 2.25. The predicted octanol–water partition coefficient (Wildman–Crippen LogP) is 0.206. The number of nitrogen functional groups attached to an aromatic ring is 1. The summed E-state index contributed by atoms with van der Waals surface area (Å²) in [4.78, 5) is 13.3. The molecule has 6 heteroatoms. The molecule has 6 nitrogen and oxygen atoms in total. The Balaban J connectivity index is 1.76. The number of aliphatic hydroxyl groups is 1. The predicted molar refractivity (Wildman–Crippen MR) is 80.7 cm³/mol. The smallest absolute Gasteiger partial charge is 0.221 e. The molecule has 1 amide bonds. The van der Waals surface area contributed by atoms with E-state index in [4.69, 9.17) is 16.2 Å². The monoisotopic (exact) mass is 293 g/mol. The van der Waals surface area contributed by atoms with Crippen molar-refractivity contribution in [1.82, 2.24) is 4.90 Å². The van der Waals surface area contributed by atoms with Gasteiger partial charge in [-0.05, 0) is 31.5 Å². The van der Waals surface area contributed by atoms with E-state index in [9.17, 15) is 9.90 Å². The molecule has 2 unspecified atom stereocenters. The number of nitrogens with two attached hydrogens (primary N) is 2.